The second-order valence-corrected chi connectivity index (χ2v) is 7.00. The van der Waals surface area contributed by atoms with Crippen LogP contribution in [-0.2, 0) is 4.79 Å². The van der Waals surface area contributed by atoms with Gasteiger partial charge in [-0.2, -0.15) is 5.10 Å². The van der Waals surface area contributed by atoms with Crippen LogP contribution in [0.1, 0.15) is 49.5 Å². The van der Waals surface area contributed by atoms with Gasteiger partial charge in [-0.3, -0.25) is 9.59 Å². The lowest BCUT2D eigenvalue weighted by atomic mass is 10.0. The molecule has 2 aromatic rings. The molecule has 0 saturated heterocycles. The summed E-state index contributed by atoms with van der Waals surface area (Å²) in [5.74, 6) is -0.0313. The topological polar surface area (TPSA) is 79.8 Å². The van der Waals surface area contributed by atoms with Gasteiger partial charge in [-0.25, -0.2) is 5.43 Å². The van der Waals surface area contributed by atoms with Gasteiger partial charge in [0.05, 0.1) is 18.4 Å². The third-order valence-electron chi connectivity index (χ3n) is 4.64. The molecule has 2 aromatic carbocycles. The van der Waals surface area contributed by atoms with E-state index in [-0.39, 0.29) is 11.8 Å². The summed E-state index contributed by atoms with van der Waals surface area (Å²) in [6.45, 7) is 5.77. The number of hydrogen-bond donors (Lipinski definition) is 2. The summed E-state index contributed by atoms with van der Waals surface area (Å²) in [6, 6.07) is 12.1. The van der Waals surface area contributed by atoms with Crippen LogP contribution in [-0.4, -0.2) is 24.6 Å². The highest BCUT2D eigenvalue weighted by molar-refractivity contribution is 6.31. The van der Waals surface area contributed by atoms with Gasteiger partial charge in [0.25, 0.3) is 5.91 Å². The van der Waals surface area contributed by atoms with Gasteiger partial charge in [0, 0.05) is 16.6 Å². The molecule has 2 amide bonds. The Morgan fingerprint density at radius 2 is 1.86 bits per heavy atom. The molecule has 0 bridgehead atoms. The van der Waals surface area contributed by atoms with E-state index >= 15 is 0 Å². The first kappa shape index (κ1) is 22.4. The largest absolute Gasteiger partial charge is 0.496 e. The molecule has 7 heteroatoms. The molecule has 0 radical (unpaired) electrons. The van der Waals surface area contributed by atoms with Crippen LogP contribution in [0.2, 0.25) is 5.02 Å². The van der Waals surface area contributed by atoms with Gasteiger partial charge in [-0.1, -0.05) is 37.6 Å². The lowest BCUT2D eigenvalue weighted by molar-refractivity contribution is -0.120. The quantitative estimate of drug-likeness (QED) is 0.476. The van der Waals surface area contributed by atoms with Gasteiger partial charge in [-0.15, -0.1) is 0 Å². The Morgan fingerprint density at radius 3 is 2.52 bits per heavy atom. The smallest absolute Gasteiger partial charge is 0.275 e. The fraction of sp³-hybridized carbons (Fsp3) is 0.318. The van der Waals surface area contributed by atoms with E-state index in [1.165, 1.54) is 13.2 Å². The highest BCUT2D eigenvalue weighted by Gasteiger charge is 2.15. The molecule has 0 heterocycles. The van der Waals surface area contributed by atoms with Gasteiger partial charge in [0.2, 0.25) is 5.91 Å². The van der Waals surface area contributed by atoms with E-state index in [4.69, 9.17) is 16.3 Å². The van der Waals surface area contributed by atoms with Crippen molar-refractivity contribution < 1.29 is 14.3 Å². The highest BCUT2D eigenvalue weighted by atomic mass is 35.5. The van der Waals surface area contributed by atoms with Crippen molar-refractivity contribution in [2.24, 2.45) is 11.0 Å². The van der Waals surface area contributed by atoms with Crippen LogP contribution in [0.15, 0.2) is 47.6 Å². The molecule has 0 aliphatic heterocycles. The standard InChI is InChI=1S/C22H26ClN3O3/c1-5-15(6-2)21(27)24-18-9-7-8-16(12-18)14(3)25-26-22(28)19-13-17(23)10-11-20(19)29-4/h7-13,15H,5-6H2,1-4H3,(H,24,27)(H,26,28)/b25-14+. The number of ether oxygens (including phenoxy) is 1. The summed E-state index contributed by atoms with van der Waals surface area (Å²) in [4.78, 5) is 24.7. The molecule has 2 rings (SSSR count). The van der Waals surface area contributed by atoms with Crippen LogP contribution in [0.3, 0.4) is 0 Å². The van der Waals surface area contributed by atoms with E-state index in [0.29, 0.717) is 27.7 Å². The molecule has 0 aromatic heterocycles. The van der Waals surface area contributed by atoms with E-state index in [9.17, 15) is 9.59 Å². The normalized spacial score (nSPS) is 11.3. The summed E-state index contributed by atoms with van der Waals surface area (Å²) in [5.41, 5.74) is 4.88. The number of hydrogen-bond acceptors (Lipinski definition) is 4. The number of anilines is 1. The van der Waals surface area contributed by atoms with Gasteiger partial charge in [0.15, 0.2) is 0 Å². The number of nitrogens with zero attached hydrogens (tertiary/aromatic N) is 1. The first-order valence-corrected chi connectivity index (χ1v) is 9.86. The van der Waals surface area contributed by atoms with E-state index < -0.39 is 5.91 Å². The molecule has 0 unspecified atom stereocenters. The Morgan fingerprint density at radius 1 is 1.14 bits per heavy atom. The summed E-state index contributed by atoms with van der Waals surface area (Å²) in [7, 11) is 1.48. The zero-order chi connectivity index (χ0) is 21.4. The molecule has 154 valence electrons. The molecule has 0 saturated carbocycles. The Hall–Kier alpha value is -2.86. The third-order valence-corrected chi connectivity index (χ3v) is 4.87. The molecule has 0 fully saturated rings. The van der Waals surface area contributed by atoms with Crippen LogP contribution in [0.4, 0.5) is 5.69 Å². The van der Waals surface area contributed by atoms with Crippen LogP contribution in [0, 0.1) is 5.92 Å². The number of methoxy groups -OCH3 is 1. The molecule has 0 aliphatic rings. The van der Waals surface area contributed by atoms with Crippen molar-refractivity contribution in [3.8, 4) is 5.75 Å². The number of nitrogens with one attached hydrogen (secondary N) is 2. The fourth-order valence-corrected chi connectivity index (χ4v) is 3.01. The molecule has 0 atom stereocenters. The first-order valence-electron chi connectivity index (χ1n) is 9.49. The third kappa shape index (κ3) is 6.06. The number of hydrazone groups is 1. The van der Waals surface area contributed by atoms with Crippen molar-refractivity contribution in [2.45, 2.75) is 33.6 Å². The van der Waals surface area contributed by atoms with Gasteiger partial charge < -0.3 is 10.1 Å². The minimum atomic E-state index is -0.429. The number of carbonyl (C=O) groups is 2. The number of halogens is 1. The van der Waals surface area contributed by atoms with E-state index in [1.54, 1.807) is 19.1 Å². The van der Waals surface area contributed by atoms with Gasteiger partial charge >= 0.3 is 0 Å². The van der Waals surface area contributed by atoms with Crippen molar-refractivity contribution in [1.82, 2.24) is 5.43 Å². The lowest BCUT2D eigenvalue weighted by Crippen LogP contribution is -2.22. The number of carbonyl (C=O) groups excluding carboxylic acids is 2. The predicted molar refractivity (Wildman–Crippen MR) is 117 cm³/mol. The maximum atomic E-state index is 12.5. The summed E-state index contributed by atoms with van der Waals surface area (Å²) < 4.78 is 5.20. The van der Waals surface area contributed by atoms with Crippen molar-refractivity contribution in [2.75, 3.05) is 12.4 Å². The average molecular weight is 416 g/mol. The maximum Gasteiger partial charge on any atom is 0.275 e. The van der Waals surface area contributed by atoms with E-state index in [0.717, 1.165) is 18.4 Å². The molecule has 29 heavy (non-hydrogen) atoms. The van der Waals surface area contributed by atoms with Crippen molar-refractivity contribution in [1.29, 1.82) is 0 Å². The van der Waals surface area contributed by atoms with Gasteiger partial charge in [0.1, 0.15) is 5.75 Å². The number of rotatable bonds is 8. The predicted octanol–water partition coefficient (Wildman–Crippen LogP) is 4.88. The van der Waals surface area contributed by atoms with Crippen molar-refractivity contribution in [3.05, 3.63) is 58.6 Å². The Bertz CT molecular complexity index is 908. The summed E-state index contributed by atoms with van der Waals surface area (Å²) >= 11 is 5.97. The summed E-state index contributed by atoms with van der Waals surface area (Å²) in [6.07, 6.45) is 1.59. The monoisotopic (exact) mass is 415 g/mol. The van der Waals surface area contributed by atoms with E-state index in [2.05, 4.69) is 15.8 Å². The van der Waals surface area contributed by atoms with Crippen LogP contribution >= 0.6 is 11.6 Å². The van der Waals surface area contributed by atoms with Crippen molar-refractivity contribution >= 4 is 34.8 Å². The second-order valence-electron chi connectivity index (χ2n) is 6.57. The fourth-order valence-electron chi connectivity index (χ4n) is 2.84. The SMILES string of the molecule is CCC(CC)C(=O)Nc1cccc(/C(C)=N/NC(=O)c2cc(Cl)ccc2OC)c1. The zero-order valence-corrected chi connectivity index (χ0v) is 17.8. The van der Waals surface area contributed by atoms with Gasteiger partial charge in [-0.05, 0) is 55.7 Å². The minimum Gasteiger partial charge on any atom is -0.496 e. The number of benzene rings is 2. The zero-order valence-electron chi connectivity index (χ0n) is 17.1. The molecule has 6 nitrogen and oxygen atoms in total. The maximum absolute atomic E-state index is 12.5. The van der Waals surface area contributed by atoms with E-state index in [1.807, 2.05) is 38.1 Å². The van der Waals surface area contributed by atoms with Crippen LogP contribution < -0.4 is 15.5 Å². The second kappa shape index (κ2) is 10.6. The lowest BCUT2D eigenvalue weighted by Gasteiger charge is -2.13. The average Bonchev–Trinajstić information content (AvgIpc) is 2.72. The van der Waals surface area contributed by atoms with Crippen LogP contribution in [0.5, 0.6) is 5.75 Å². The van der Waals surface area contributed by atoms with Crippen molar-refractivity contribution in [3.63, 3.8) is 0 Å². The molecule has 0 spiro atoms. The molecular formula is C22H26ClN3O3. The van der Waals surface area contributed by atoms with Crippen LogP contribution in [0.25, 0.3) is 0 Å². The number of amides is 2. The Kier molecular flexibility index (Phi) is 8.21. The first-order chi connectivity index (χ1) is 13.9. The Labute approximate surface area is 176 Å². The highest BCUT2D eigenvalue weighted by Crippen LogP contribution is 2.22. The minimum absolute atomic E-state index is 0.00287. The molecular weight excluding hydrogens is 390 g/mol. The Balaban J connectivity index is 2.13. The molecule has 0 aliphatic carbocycles. The summed E-state index contributed by atoms with van der Waals surface area (Å²) in [5, 5.41) is 7.54. The molecule has 2 N–H and O–H groups in total.